The van der Waals surface area contributed by atoms with Gasteiger partial charge in [0, 0.05) is 11.9 Å². The van der Waals surface area contributed by atoms with Gasteiger partial charge in [-0.05, 0) is 47.8 Å². The predicted octanol–water partition coefficient (Wildman–Crippen LogP) is 3.93. The smallest absolute Gasteiger partial charge is 0.0574 e. The fourth-order valence-corrected chi connectivity index (χ4v) is 2.55. The van der Waals surface area contributed by atoms with Crippen LogP contribution in [0.15, 0.2) is 72.1 Å². The molecule has 20 heavy (non-hydrogen) atoms. The molecule has 0 fully saturated rings. The molecule has 2 aromatic rings. The molecule has 2 nitrogen and oxygen atoms in total. The van der Waals surface area contributed by atoms with E-state index in [4.69, 9.17) is 5.73 Å². The zero-order valence-electron chi connectivity index (χ0n) is 11.3. The van der Waals surface area contributed by atoms with Crippen molar-refractivity contribution in [2.45, 2.75) is 12.8 Å². The number of para-hydroxylation sites is 1. The van der Waals surface area contributed by atoms with Crippen LogP contribution in [-0.2, 0) is 6.42 Å². The van der Waals surface area contributed by atoms with Gasteiger partial charge in [0.25, 0.3) is 0 Å². The molecule has 3 N–H and O–H groups in total. The van der Waals surface area contributed by atoms with E-state index in [0.717, 1.165) is 24.2 Å². The van der Waals surface area contributed by atoms with Crippen LogP contribution in [0.1, 0.15) is 17.5 Å². The maximum absolute atomic E-state index is 5.81. The summed E-state index contributed by atoms with van der Waals surface area (Å²) in [4.78, 5) is 0. The molecule has 0 saturated carbocycles. The molecular weight excluding hydrogens is 244 g/mol. The van der Waals surface area contributed by atoms with Crippen molar-refractivity contribution in [1.29, 1.82) is 0 Å². The van der Waals surface area contributed by atoms with E-state index in [1.54, 1.807) is 6.20 Å². The second kappa shape index (κ2) is 5.66. The minimum atomic E-state index is 0.991. The summed E-state index contributed by atoms with van der Waals surface area (Å²) < 4.78 is 0. The molecule has 0 spiro atoms. The lowest BCUT2D eigenvalue weighted by atomic mass is 9.91. The van der Waals surface area contributed by atoms with Gasteiger partial charge >= 0.3 is 0 Å². The lowest BCUT2D eigenvalue weighted by molar-refractivity contribution is 0.933. The van der Waals surface area contributed by atoms with Gasteiger partial charge in [-0.3, -0.25) is 0 Å². The fourth-order valence-electron chi connectivity index (χ4n) is 2.55. The van der Waals surface area contributed by atoms with Gasteiger partial charge < -0.3 is 11.1 Å². The first kappa shape index (κ1) is 12.5. The van der Waals surface area contributed by atoms with Gasteiger partial charge in [0.1, 0.15) is 0 Å². The summed E-state index contributed by atoms with van der Waals surface area (Å²) in [6.45, 7) is 0. The number of benzene rings is 2. The van der Waals surface area contributed by atoms with E-state index in [2.05, 4.69) is 35.7 Å². The van der Waals surface area contributed by atoms with E-state index >= 15 is 0 Å². The van der Waals surface area contributed by atoms with E-state index < -0.39 is 0 Å². The highest BCUT2D eigenvalue weighted by Crippen LogP contribution is 2.28. The van der Waals surface area contributed by atoms with Gasteiger partial charge in [-0.2, -0.15) is 0 Å². The molecule has 3 rings (SSSR count). The second-order valence-corrected chi connectivity index (χ2v) is 4.94. The molecule has 0 bridgehead atoms. The van der Waals surface area contributed by atoms with Crippen molar-refractivity contribution in [3.63, 3.8) is 0 Å². The van der Waals surface area contributed by atoms with Crippen LogP contribution in [0.25, 0.3) is 6.08 Å². The second-order valence-electron chi connectivity index (χ2n) is 4.94. The number of nitrogens with two attached hydrogens (primary N) is 1. The first-order valence-corrected chi connectivity index (χ1v) is 6.89. The Morgan fingerprint density at radius 1 is 0.950 bits per heavy atom. The average Bonchev–Trinajstić information content (AvgIpc) is 2.53. The monoisotopic (exact) mass is 262 g/mol. The first-order valence-electron chi connectivity index (χ1n) is 6.89. The Hall–Kier alpha value is -2.48. The number of hydrogen-bond donors (Lipinski definition) is 2. The van der Waals surface area contributed by atoms with E-state index in [-0.39, 0.29) is 0 Å². The molecule has 0 unspecified atom stereocenters. The summed E-state index contributed by atoms with van der Waals surface area (Å²) in [7, 11) is 0. The van der Waals surface area contributed by atoms with Crippen LogP contribution < -0.4 is 11.1 Å². The van der Waals surface area contributed by atoms with Gasteiger partial charge in [-0.25, -0.2) is 0 Å². The van der Waals surface area contributed by atoms with Gasteiger partial charge in [0.2, 0.25) is 0 Å². The van der Waals surface area contributed by atoms with Crippen molar-refractivity contribution in [3.05, 3.63) is 83.2 Å². The van der Waals surface area contributed by atoms with E-state index in [1.165, 1.54) is 16.7 Å². The highest BCUT2D eigenvalue weighted by molar-refractivity contribution is 5.66. The van der Waals surface area contributed by atoms with Crippen LogP contribution in [0.2, 0.25) is 0 Å². The lowest BCUT2D eigenvalue weighted by Crippen LogP contribution is -2.09. The molecule has 0 radical (unpaired) electrons. The van der Waals surface area contributed by atoms with Gasteiger partial charge in [-0.1, -0.05) is 42.5 Å². The van der Waals surface area contributed by atoms with Crippen molar-refractivity contribution in [2.75, 3.05) is 5.32 Å². The zero-order valence-corrected chi connectivity index (χ0v) is 11.3. The molecule has 0 aromatic heterocycles. The zero-order chi connectivity index (χ0) is 13.8. The lowest BCUT2D eigenvalue weighted by Gasteiger charge is -2.19. The standard InChI is InChI=1S/C18H18N2/c19-13-18(20-17-8-2-1-3-9-17)16-11-10-14-6-4-5-7-15(14)12-16/h1-9,12-13,20H,10-11,19H2. The van der Waals surface area contributed by atoms with E-state index in [0.29, 0.717) is 0 Å². The molecule has 100 valence electrons. The molecule has 0 aliphatic heterocycles. The molecular formula is C18H18N2. The molecule has 1 aliphatic carbocycles. The third-order valence-corrected chi connectivity index (χ3v) is 3.61. The van der Waals surface area contributed by atoms with Gasteiger partial charge in [-0.15, -0.1) is 0 Å². The molecule has 0 saturated heterocycles. The number of rotatable bonds is 3. The Morgan fingerprint density at radius 3 is 2.50 bits per heavy atom. The Kier molecular flexibility index (Phi) is 3.55. The third kappa shape index (κ3) is 2.59. The van der Waals surface area contributed by atoms with Crippen molar-refractivity contribution in [1.82, 2.24) is 0 Å². The highest BCUT2D eigenvalue weighted by Gasteiger charge is 2.13. The quantitative estimate of drug-likeness (QED) is 0.879. The predicted molar refractivity (Wildman–Crippen MR) is 85.1 cm³/mol. The first-order chi connectivity index (χ1) is 9.86. The summed E-state index contributed by atoms with van der Waals surface area (Å²) >= 11 is 0. The SMILES string of the molecule is NC=C(Nc1ccccc1)C1=Cc2ccccc2CC1. The molecule has 2 aromatic carbocycles. The average molecular weight is 262 g/mol. The van der Waals surface area contributed by atoms with Crippen LogP contribution in [-0.4, -0.2) is 0 Å². The van der Waals surface area contributed by atoms with Crippen LogP contribution in [0.3, 0.4) is 0 Å². The summed E-state index contributed by atoms with van der Waals surface area (Å²) in [6.07, 6.45) is 5.97. The summed E-state index contributed by atoms with van der Waals surface area (Å²) in [5, 5.41) is 3.40. The van der Waals surface area contributed by atoms with Crippen LogP contribution in [0.4, 0.5) is 5.69 Å². The van der Waals surface area contributed by atoms with Crippen LogP contribution >= 0.6 is 0 Å². The normalized spacial score (nSPS) is 14.4. The largest absolute Gasteiger partial charge is 0.403 e. The minimum Gasteiger partial charge on any atom is -0.403 e. The van der Waals surface area contributed by atoms with Gasteiger partial charge in [0.15, 0.2) is 0 Å². The number of nitrogens with one attached hydrogen (secondary N) is 1. The van der Waals surface area contributed by atoms with Crippen molar-refractivity contribution in [3.8, 4) is 0 Å². The molecule has 0 amide bonds. The topological polar surface area (TPSA) is 38.0 Å². The van der Waals surface area contributed by atoms with Crippen LogP contribution in [0.5, 0.6) is 0 Å². The number of aryl methyl sites for hydroxylation is 1. The Morgan fingerprint density at radius 2 is 1.70 bits per heavy atom. The Balaban J connectivity index is 1.87. The molecule has 1 aliphatic rings. The maximum Gasteiger partial charge on any atom is 0.0574 e. The van der Waals surface area contributed by atoms with Crippen molar-refractivity contribution < 1.29 is 0 Å². The van der Waals surface area contributed by atoms with E-state index in [9.17, 15) is 0 Å². The Bertz CT molecular complexity index is 654. The number of anilines is 1. The Labute approximate surface area is 119 Å². The molecule has 0 atom stereocenters. The summed E-state index contributed by atoms with van der Waals surface area (Å²) in [5.41, 5.74) is 11.8. The number of hydrogen-bond acceptors (Lipinski definition) is 2. The van der Waals surface area contributed by atoms with Crippen molar-refractivity contribution >= 4 is 11.8 Å². The van der Waals surface area contributed by atoms with Crippen molar-refractivity contribution in [2.24, 2.45) is 5.73 Å². The third-order valence-electron chi connectivity index (χ3n) is 3.61. The summed E-state index contributed by atoms with van der Waals surface area (Å²) in [5.74, 6) is 0. The highest BCUT2D eigenvalue weighted by atomic mass is 14.9. The van der Waals surface area contributed by atoms with E-state index in [1.807, 2.05) is 30.3 Å². The maximum atomic E-state index is 5.81. The fraction of sp³-hybridized carbons (Fsp3) is 0.111. The number of allylic oxidation sites excluding steroid dienone is 1. The molecule has 2 heteroatoms. The van der Waals surface area contributed by atoms with Crippen LogP contribution in [0, 0.1) is 0 Å². The molecule has 0 heterocycles. The van der Waals surface area contributed by atoms with Gasteiger partial charge in [0.05, 0.1) is 5.70 Å². The summed E-state index contributed by atoms with van der Waals surface area (Å²) in [6, 6.07) is 18.6. The number of fused-ring (bicyclic) bond motifs is 1. The minimum absolute atomic E-state index is 0.991.